The number of benzene rings is 1. The van der Waals surface area contributed by atoms with Gasteiger partial charge in [0.15, 0.2) is 0 Å². The molecule has 0 radical (unpaired) electrons. The average Bonchev–Trinajstić information content (AvgIpc) is 2.65. The molecule has 0 bridgehead atoms. The minimum Gasteiger partial charge on any atom is -0.0828 e. The fourth-order valence-electron chi connectivity index (χ4n) is 1.57. The standard InChI is InChI=1S/C11H11Br3/c12-10(8-11(10,13)14)7-6-9-4-2-1-3-5-9/h1-5H,6-8H2. The summed E-state index contributed by atoms with van der Waals surface area (Å²) >= 11 is 11.1. The minimum absolute atomic E-state index is 0.127. The van der Waals surface area contributed by atoms with Gasteiger partial charge in [0.1, 0.15) is 0 Å². The molecule has 2 rings (SSSR count). The minimum atomic E-state index is 0.127. The Bertz CT molecular complexity index is 321. The highest BCUT2D eigenvalue weighted by atomic mass is 79.9. The van der Waals surface area contributed by atoms with Gasteiger partial charge in [-0.1, -0.05) is 78.1 Å². The zero-order chi connectivity index (χ0) is 10.2. The molecule has 1 unspecified atom stereocenters. The van der Waals surface area contributed by atoms with Gasteiger partial charge >= 0.3 is 0 Å². The second-order valence-electron chi connectivity index (χ2n) is 3.83. The van der Waals surface area contributed by atoms with Gasteiger partial charge in [-0.3, -0.25) is 0 Å². The van der Waals surface area contributed by atoms with Gasteiger partial charge < -0.3 is 0 Å². The summed E-state index contributed by atoms with van der Waals surface area (Å²) in [6, 6.07) is 10.6. The van der Waals surface area contributed by atoms with Crippen molar-refractivity contribution in [2.24, 2.45) is 0 Å². The quantitative estimate of drug-likeness (QED) is 0.668. The molecule has 14 heavy (non-hydrogen) atoms. The summed E-state index contributed by atoms with van der Waals surface area (Å²) in [7, 11) is 0. The van der Waals surface area contributed by atoms with E-state index in [4.69, 9.17) is 0 Å². The van der Waals surface area contributed by atoms with Gasteiger partial charge in [0.25, 0.3) is 0 Å². The van der Waals surface area contributed by atoms with Crippen LogP contribution in [0.3, 0.4) is 0 Å². The van der Waals surface area contributed by atoms with Crippen molar-refractivity contribution in [1.29, 1.82) is 0 Å². The second kappa shape index (κ2) is 3.91. The third kappa shape index (κ3) is 2.25. The molecule has 76 valence electrons. The van der Waals surface area contributed by atoms with Crippen molar-refractivity contribution in [3.05, 3.63) is 35.9 Å². The largest absolute Gasteiger partial charge is 0.0972 e. The van der Waals surface area contributed by atoms with E-state index in [0.29, 0.717) is 0 Å². The monoisotopic (exact) mass is 380 g/mol. The molecule has 0 amide bonds. The van der Waals surface area contributed by atoms with Crippen molar-refractivity contribution in [3.8, 4) is 0 Å². The van der Waals surface area contributed by atoms with Crippen molar-refractivity contribution in [3.63, 3.8) is 0 Å². The van der Waals surface area contributed by atoms with Gasteiger partial charge in [0, 0.05) is 0 Å². The third-order valence-electron chi connectivity index (χ3n) is 2.69. The van der Waals surface area contributed by atoms with E-state index in [1.165, 1.54) is 5.56 Å². The normalized spacial score (nSPS) is 28.8. The number of alkyl halides is 3. The number of hydrogen-bond acceptors (Lipinski definition) is 0. The van der Waals surface area contributed by atoms with Crippen LogP contribution in [0, 0.1) is 0 Å². The lowest BCUT2D eigenvalue weighted by atomic mass is 10.1. The van der Waals surface area contributed by atoms with Crippen LogP contribution in [0.5, 0.6) is 0 Å². The lowest BCUT2D eigenvalue weighted by Crippen LogP contribution is -2.08. The highest BCUT2D eigenvalue weighted by molar-refractivity contribution is 9.26. The van der Waals surface area contributed by atoms with Crippen molar-refractivity contribution < 1.29 is 0 Å². The molecule has 0 saturated heterocycles. The Morgan fingerprint density at radius 3 is 2.14 bits per heavy atom. The van der Waals surface area contributed by atoms with Gasteiger partial charge in [-0.2, -0.15) is 0 Å². The SMILES string of the molecule is BrC1(Br)CC1(Br)CCc1ccccc1. The van der Waals surface area contributed by atoms with Crippen molar-refractivity contribution in [2.75, 3.05) is 0 Å². The number of hydrogen-bond donors (Lipinski definition) is 0. The molecule has 1 fully saturated rings. The molecule has 1 saturated carbocycles. The van der Waals surface area contributed by atoms with Crippen molar-refractivity contribution >= 4 is 47.8 Å². The first-order valence-corrected chi connectivity index (χ1v) is 7.02. The van der Waals surface area contributed by atoms with Crippen LogP contribution >= 0.6 is 47.8 Å². The molecule has 1 atom stereocenters. The van der Waals surface area contributed by atoms with E-state index in [1.54, 1.807) is 0 Å². The Kier molecular flexibility index (Phi) is 3.12. The molecular weight excluding hydrogens is 372 g/mol. The average molecular weight is 383 g/mol. The van der Waals surface area contributed by atoms with Crippen LogP contribution in [0.25, 0.3) is 0 Å². The first-order chi connectivity index (χ1) is 6.54. The van der Waals surface area contributed by atoms with Gasteiger partial charge in [-0.15, -0.1) is 0 Å². The van der Waals surface area contributed by atoms with Gasteiger partial charge in [0.05, 0.1) is 7.56 Å². The van der Waals surface area contributed by atoms with E-state index in [2.05, 4.69) is 78.1 Å². The van der Waals surface area contributed by atoms with E-state index >= 15 is 0 Å². The van der Waals surface area contributed by atoms with E-state index in [-0.39, 0.29) is 7.56 Å². The fourth-order valence-corrected chi connectivity index (χ4v) is 4.29. The first kappa shape index (κ1) is 11.2. The second-order valence-corrected chi connectivity index (χ2v) is 9.12. The lowest BCUT2D eigenvalue weighted by Gasteiger charge is -2.09. The summed E-state index contributed by atoms with van der Waals surface area (Å²) in [4.78, 5) is 0. The molecule has 0 N–H and O–H groups in total. The predicted molar refractivity (Wildman–Crippen MR) is 71.6 cm³/mol. The zero-order valence-corrected chi connectivity index (χ0v) is 12.4. The number of aryl methyl sites for hydroxylation is 1. The van der Waals surface area contributed by atoms with Gasteiger partial charge in [0.2, 0.25) is 0 Å². The number of rotatable bonds is 3. The van der Waals surface area contributed by atoms with Gasteiger partial charge in [-0.25, -0.2) is 0 Å². The maximum atomic E-state index is 3.77. The van der Waals surface area contributed by atoms with Crippen molar-refractivity contribution in [2.45, 2.75) is 26.8 Å². The fraction of sp³-hybridized carbons (Fsp3) is 0.455. The summed E-state index contributed by atoms with van der Waals surface area (Å²) in [5, 5.41) is 0. The topological polar surface area (TPSA) is 0 Å². The molecule has 1 aliphatic rings. The Balaban J connectivity index is 1.91. The van der Waals surface area contributed by atoms with E-state index in [1.807, 2.05) is 0 Å². The maximum Gasteiger partial charge on any atom is 0.0972 e. The van der Waals surface area contributed by atoms with Gasteiger partial charge in [-0.05, 0) is 24.8 Å². The Labute approximate surface area is 110 Å². The summed E-state index contributed by atoms with van der Waals surface area (Å²) in [6.07, 6.45) is 3.44. The third-order valence-corrected chi connectivity index (χ3v) is 7.18. The summed E-state index contributed by atoms with van der Waals surface area (Å²) in [6.45, 7) is 0. The maximum absolute atomic E-state index is 3.77. The molecule has 0 heterocycles. The van der Waals surface area contributed by atoms with E-state index in [0.717, 1.165) is 19.3 Å². The lowest BCUT2D eigenvalue weighted by molar-refractivity contribution is 0.781. The molecule has 1 aromatic carbocycles. The van der Waals surface area contributed by atoms with Crippen molar-refractivity contribution in [1.82, 2.24) is 0 Å². The van der Waals surface area contributed by atoms with Crippen LogP contribution in [-0.2, 0) is 6.42 Å². The first-order valence-electron chi connectivity index (χ1n) is 4.64. The smallest absolute Gasteiger partial charge is 0.0828 e. The molecule has 1 aliphatic carbocycles. The number of halogens is 3. The van der Waals surface area contributed by atoms with Crippen LogP contribution in [0.1, 0.15) is 18.4 Å². The molecule has 3 heteroatoms. The highest BCUT2D eigenvalue weighted by Gasteiger charge is 2.62. The Morgan fingerprint density at radius 2 is 1.64 bits per heavy atom. The van der Waals surface area contributed by atoms with E-state index < -0.39 is 0 Å². The van der Waals surface area contributed by atoms with Crippen LogP contribution in [-0.4, -0.2) is 7.56 Å². The van der Waals surface area contributed by atoms with Crippen LogP contribution in [0.15, 0.2) is 30.3 Å². The molecule has 0 aliphatic heterocycles. The summed E-state index contributed by atoms with van der Waals surface area (Å²) < 4.78 is 0.373. The van der Waals surface area contributed by atoms with E-state index in [9.17, 15) is 0 Å². The molecular formula is C11H11Br3. The molecule has 0 nitrogen and oxygen atoms in total. The molecule has 0 spiro atoms. The Hall–Kier alpha value is 0.660. The Morgan fingerprint density at radius 1 is 1.07 bits per heavy atom. The molecule has 1 aromatic rings. The van der Waals surface area contributed by atoms with Crippen LogP contribution in [0.4, 0.5) is 0 Å². The highest BCUT2D eigenvalue weighted by Crippen LogP contribution is 2.66. The van der Waals surface area contributed by atoms with Crippen LogP contribution < -0.4 is 0 Å². The summed E-state index contributed by atoms with van der Waals surface area (Å²) in [5.41, 5.74) is 1.41. The molecule has 0 aromatic heterocycles. The van der Waals surface area contributed by atoms with Crippen LogP contribution in [0.2, 0.25) is 0 Å². The zero-order valence-electron chi connectivity index (χ0n) is 7.64. The predicted octanol–water partition coefficient (Wildman–Crippen LogP) is 4.64. The summed E-state index contributed by atoms with van der Waals surface area (Å²) in [5.74, 6) is 0.